The third-order valence-corrected chi connectivity index (χ3v) is 4.41. The summed E-state index contributed by atoms with van der Waals surface area (Å²) in [4.78, 5) is 8.56. The molecule has 24 heavy (non-hydrogen) atoms. The van der Waals surface area contributed by atoms with Gasteiger partial charge in [0, 0.05) is 0 Å². The van der Waals surface area contributed by atoms with Gasteiger partial charge >= 0.3 is 6.16 Å². The fraction of sp³-hybridized carbons (Fsp3) is 0.950. The Morgan fingerprint density at radius 3 is 1.21 bits per heavy atom. The minimum absolute atomic E-state index is 0. The van der Waals surface area contributed by atoms with E-state index in [1.165, 1.54) is 89.9 Å². The standard InChI is InChI=1S/C19H40.CH2O3.H3N/c1-5-7-9-11-13-15-17-19(3,4)18-16-14-12-10-8-6-2;2-1(3)4;/h5-18H2,1-4H3;(H2,2,3,4);1H3. The first-order valence-corrected chi connectivity index (χ1v) is 9.77. The van der Waals surface area contributed by atoms with E-state index in [2.05, 4.69) is 27.7 Å². The number of hydrogen-bond donors (Lipinski definition) is 3. The first kappa shape index (κ1) is 28.1. The fourth-order valence-electron chi connectivity index (χ4n) is 2.89. The maximum atomic E-state index is 8.56. The predicted molar refractivity (Wildman–Crippen MR) is 105 cm³/mol. The average molecular weight is 348 g/mol. The lowest BCUT2D eigenvalue weighted by molar-refractivity contribution is 0.137. The quantitative estimate of drug-likeness (QED) is 0.278. The lowest BCUT2D eigenvalue weighted by atomic mass is 9.82. The molecule has 4 heteroatoms. The van der Waals surface area contributed by atoms with E-state index in [1.807, 2.05) is 0 Å². The lowest BCUT2D eigenvalue weighted by Gasteiger charge is -2.24. The fourth-order valence-corrected chi connectivity index (χ4v) is 2.89. The van der Waals surface area contributed by atoms with Crippen molar-refractivity contribution in [1.82, 2.24) is 6.15 Å². The summed E-state index contributed by atoms with van der Waals surface area (Å²) in [6, 6.07) is 0. The normalized spacial score (nSPS) is 10.5. The van der Waals surface area contributed by atoms with Crippen molar-refractivity contribution in [3.8, 4) is 0 Å². The Morgan fingerprint density at radius 2 is 0.917 bits per heavy atom. The van der Waals surface area contributed by atoms with Crippen LogP contribution < -0.4 is 6.15 Å². The zero-order chi connectivity index (χ0) is 18.0. The molecule has 0 fully saturated rings. The molecule has 0 amide bonds. The summed E-state index contributed by atoms with van der Waals surface area (Å²) in [6.45, 7) is 9.55. The van der Waals surface area contributed by atoms with E-state index in [9.17, 15) is 0 Å². The van der Waals surface area contributed by atoms with Crippen LogP contribution in [0.1, 0.15) is 118 Å². The molecule has 0 radical (unpaired) electrons. The molecule has 0 rings (SSSR count). The van der Waals surface area contributed by atoms with Gasteiger partial charge in [-0.3, -0.25) is 0 Å². The Bertz CT molecular complexity index is 233. The molecule has 0 aliphatic heterocycles. The van der Waals surface area contributed by atoms with Gasteiger partial charge in [-0.2, -0.15) is 0 Å². The van der Waals surface area contributed by atoms with Crippen molar-refractivity contribution in [2.75, 3.05) is 0 Å². The molecule has 5 N–H and O–H groups in total. The van der Waals surface area contributed by atoms with Crippen LogP contribution in [0.3, 0.4) is 0 Å². The molecule has 4 nitrogen and oxygen atoms in total. The van der Waals surface area contributed by atoms with Gasteiger partial charge in [0.15, 0.2) is 0 Å². The first-order chi connectivity index (χ1) is 10.9. The van der Waals surface area contributed by atoms with Gasteiger partial charge in [-0.05, 0) is 18.3 Å². The maximum Gasteiger partial charge on any atom is 0.503 e. The Balaban J connectivity index is -0.000000787. The molecule has 0 aliphatic rings. The molecule has 0 spiro atoms. The highest BCUT2D eigenvalue weighted by atomic mass is 16.6. The third kappa shape index (κ3) is 29.3. The predicted octanol–water partition coefficient (Wildman–Crippen LogP) is 7.90. The van der Waals surface area contributed by atoms with Gasteiger partial charge in [0.2, 0.25) is 0 Å². The largest absolute Gasteiger partial charge is 0.503 e. The molecule has 0 atom stereocenters. The Labute approximate surface area is 151 Å². The molecule has 0 saturated carbocycles. The SMILES string of the molecule is CCCCCCCCC(C)(C)CCCCCCCC.N.O=C(O)O. The van der Waals surface area contributed by atoms with Crippen LogP contribution in [-0.4, -0.2) is 16.4 Å². The summed E-state index contributed by atoms with van der Waals surface area (Å²) in [7, 11) is 0. The molecular formula is C20H45NO3. The monoisotopic (exact) mass is 347 g/mol. The molecule has 148 valence electrons. The van der Waals surface area contributed by atoms with Crippen molar-refractivity contribution < 1.29 is 15.0 Å². The average Bonchev–Trinajstić information content (AvgIpc) is 2.46. The highest BCUT2D eigenvalue weighted by Gasteiger charge is 2.16. The minimum atomic E-state index is -1.83. The summed E-state index contributed by atoms with van der Waals surface area (Å²) in [6.07, 6.45) is 18.3. The highest BCUT2D eigenvalue weighted by Crippen LogP contribution is 2.30. The van der Waals surface area contributed by atoms with Crippen molar-refractivity contribution in [3.05, 3.63) is 0 Å². The molecule has 0 heterocycles. The molecule has 0 aromatic heterocycles. The highest BCUT2D eigenvalue weighted by molar-refractivity contribution is 5.53. The molecule has 0 aromatic rings. The van der Waals surface area contributed by atoms with Crippen LogP contribution in [0, 0.1) is 5.41 Å². The van der Waals surface area contributed by atoms with E-state index in [-0.39, 0.29) is 6.15 Å². The third-order valence-electron chi connectivity index (χ3n) is 4.41. The van der Waals surface area contributed by atoms with Crippen molar-refractivity contribution in [1.29, 1.82) is 0 Å². The molecule has 0 aliphatic carbocycles. The van der Waals surface area contributed by atoms with E-state index in [1.54, 1.807) is 0 Å². The zero-order valence-electron chi connectivity index (χ0n) is 16.9. The number of carbonyl (C=O) groups is 1. The molecule has 0 aromatic carbocycles. The number of unbranched alkanes of at least 4 members (excludes halogenated alkanes) is 10. The van der Waals surface area contributed by atoms with Gasteiger partial charge in [-0.1, -0.05) is 105 Å². The Hall–Kier alpha value is -0.770. The van der Waals surface area contributed by atoms with E-state index < -0.39 is 6.16 Å². The van der Waals surface area contributed by atoms with E-state index in [4.69, 9.17) is 15.0 Å². The summed E-state index contributed by atoms with van der Waals surface area (Å²) >= 11 is 0. The van der Waals surface area contributed by atoms with Crippen molar-refractivity contribution in [2.24, 2.45) is 5.41 Å². The van der Waals surface area contributed by atoms with Crippen LogP contribution in [0.5, 0.6) is 0 Å². The second-order valence-electron chi connectivity index (χ2n) is 7.48. The number of carboxylic acid groups (broad SMARTS) is 2. The lowest BCUT2D eigenvalue weighted by Crippen LogP contribution is -2.11. The first-order valence-electron chi connectivity index (χ1n) is 9.77. The van der Waals surface area contributed by atoms with Crippen LogP contribution >= 0.6 is 0 Å². The smallest absolute Gasteiger partial charge is 0.450 e. The Morgan fingerprint density at radius 1 is 0.667 bits per heavy atom. The van der Waals surface area contributed by atoms with Gasteiger partial charge in [-0.15, -0.1) is 0 Å². The summed E-state index contributed by atoms with van der Waals surface area (Å²) in [5.74, 6) is 0. The van der Waals surface area contributed by atoms with E-state index >= 15 is 0 Å². The second kappa shape index (κ2) is 20.3. The summed E-state index contributed by atoms with van der Waals surface area (Å²) in [5.41, 5.74) is 0.593. The molecular weight excluding hydrogens is 302 g/mol. The van der Waals surface area contributed by atoms with Gasteiger partial charge in [0.25, 0.3) is 0 Å². The van der Waals surface area contributed by atoms with Gasteiger partial charge < -0.3 is 16.4 Å². The second-order valence-corrected chi connectivity index (χ2v) is 7.48. The molecule has 0 saturated heterocycles. The van der Waals surface area contributed by atoms with Crippen molar-refractivity contribution >= 4 is 6.16 Å². The number of rotatable bonds is 14. The van der Waals surface area contributed by atoms with Crippen LogP contribution in [0.4, 0.5) is 4.79 Å². The van der Waals surface area contributed by atoms with Crippen LogP contribution in [0.2, 0.25) is 0 Å². The van der Waals surface area contributed by atoms with Crippen molar-refractivity contribution in [3.63, 3.8) is 0 Å². The summed E-state index contributed by atoms with van der Waals surface area (Å²) in [5, 5.41) is 13.9. The molecule has 0 unspecified atom stereocenters. The van der Waals surface area contributed by atoms with Gasteiger partial charge in [-0.25, -0.2) is 4.79 Å². The molecule has 0 bridgehead atoms. The van der Waals surface area contributed by atoms with Gasteiger partial charge in [0.05, 0.1) is 0 Å². The summed E-state index contributed by atoms with van der Waals surface area (Å²) < 4.78 is 0. The Kier molecular flexibility index (Phi) is 23.7. The van der Waals surface area contributed by atoms with Crippen molar-refractivity contribution in [2.45, 2.75) is 118 Å². The van der Waals surface area contributed by atoms with Crippen LogP contribution in [0.25, 0.3) is 0 Å². The van der Waals surface area contributed by atoms with E-state index in [0.717, 1.165) is 0 Å². The zero-order valence-corrected chi connectivity index (χ0v) is 16.9. The minimum Gasteiger partial charge on any atom is -0.450 e. The number of hydrogen-bond acceptors (Lipinski definition) is 2. The van der Waals surface area contributed by atoms with Crippen LogP contribution in [-0.2, 0) is 0 Å². The van der Waals surface area contributed by atoms with E-state index in [0.29, 0.717) is 5.41 Å². The van der Waals surface area contributed by atoms with Crippen LogP contribution in [0.15, 0.2) is 0 Å². The van der Waals surface area contributed by atoms with Gasteiger partial charge in [0.1, 0.15) is 0 Å². The maximum absolute atomic E-state index is 8.56. The topological polar surface area (TPSA) is 92.5 Å².